The molecule has 1 aromatic carbocycles. The SMILES string of the molecule is NCC(c1ccncn1)N1CCc2ccccc2CC1. The van der Waals surface area contributed by atoms with Gasteiger partial charge in [0.25, 0.3) is 0 Å². The molecule has 4 nitrogen and oxygen atoms in total. The van der Waals surface area contributed by atoms with Gasteiger partial charge in [-0.1, -0.05) is 24.3 Å². The Morgan fingerprint density at radius 2 is 1.80 bits per heavy atom. The first-order valence-electron chi connectivity index (χ1n) is 7.15. The molecule has 1 aliphatic rings. The van der Waals surface area contributed by atoms with Gasteiger partial charge in [-0.25, -0.2) is 9.97 Å². The number of nitrogens with zero attached hydrogens (tertiary/aromatic N) is 3. The molecule has 1 aliphatic heterocycles. The highest BCUT2D eigenvalue weighted by Gasteiger charge is 2.22. The molecule has 0 aliphatic carbocycles. The third-order valence-corrected chi connectivity index (χ3v) is 4.07. The van der Waals surface area contributed by atoms with Crippen LogP contribution in [0.15, 0.2) is 42.9 Å². The normalized spacial score (nSPS) is 17.2. The van der Waals surface area contributed by atoms with Crippen LogP contribution in [-0.4, -0.2) is 34.5 Å². The highest BCUT2D eigenvalue weighted by molar-refractivity contribution is 5.28. The second-order valence-corrected chi connectivity index (χ2v) is 5.19. The van der Waals surface area contributed by atoms with Crippen molar-refractivity contribution < 1.29 is 0 Å². The summed E-state index contributed by atoms with van der Waals surface area (Å²) in [5, 5.41) is 0. The van der Waals surface area contributed by atoms with E-state index >= 15 is 0 Å². The van der Waals surface area contributed by atoms with E-state index in [1.807, 2.05) is 6.07 Å². The second-order valence-electron chi connectivity index (χ2n) is 5.19. The summed E-state index contributed by atoms with van der Waals surface area (Å²) in [6, 6.07) is 10.9. The lowest BCUT2D eigenvalue weighted by molar-refractivity contribution is 0.207. The van der Waals surface area contributed by atoms with Crippen LogP contribution in [0.2, 0.25) is 0 Å². The summed E-state index contributed by atoms with van der Waals surface area (Å²) in [5.74, 6) is 0. The summed E-state index contributed by atoms with van der Waals surface area (Å²) in [6.07, 6.45) is 5.55. The van der Waals surface area contributed by atoms with Gasteiger partial charge in [-0.3, -0.25) is 4.90 Å². The molecule has 0 amide bonds. The third-order valence-electron chi connectivity index (χ3n) is 4.07. The average molecular weight is 268 g/mol. The minimum atomic E-state index is 0.187. The first-order chi connectivity index (χ1) is 9.88. The molecule has 0 saturated heterocycles. The van der Waals surface area contributed by atoms with E-state index in [4.69, 9.17) is 5.73 Å². The molecule has 20 heavy (non-hydrogen) atoms. The van der Waals surface area contributed by atoms with Crippen molar-refractivity contribution in [3.63, 3.8) is 0 Å². The molecular formula is C16H20N4. The molecule has 0 bridgehead atoms. The number of rotatable bonds is 3. The van der Waals surface area contributed by atoms with E-state index in [1.54, 1.807) is 12.5 Å². The van der Waals surface area contributed by atoms with E-state index in [-0.39, 0.29) is 6.04 Å². The van der Waals surface area contributed by atoms with E-state index in [0.29, 0.717) is 6.54 Å². The molecule has 2 aromatic rings. The van der Waals surface area contributed by atoms with E-state index in [1.165, 1.54) is 11.1 Å². The number of benzene rings is 1. The lowest BCUT2D eigenvalue weighted by Gasteiger charge is -2.29. The number of hydrogen-bond donors (Lipinski definition) is 1. The van der Waals surface area contributed by atoms with Gasteiger partial charge in [-0.05, 0) is 30.0 Å². The van der Waals surface area contributed by atoms with Gasteiger partial charge in [-0.2, -0.15) is 0 Å². The minimum Gasteiger partial charge on any atom is -0.329 e. The van der Waals surface area contributed by atoms with E-state index in [9.17, 15) is 0 Å². The van der Waals surface area contributed by atoms with Crippen molar-refractivity contribution in [3.8, 4) is 0 Å². The van der Waals surface area contributed by atoms with Crippen LogP contribution in [0.25, 0.3) is 0 Å². The van der Waals surface area contributed by atoms with E-state index in [2.05, 4.69) is 39.1 Å². The predicted octanol–water partition coefficient (Wildman–Crippen LogP) is 1.58. The van der Waals surface area contributed by atoms with Crippen LogP contribution in [-0.2, 0) is 12.8 Å². The van der Waals surface area contributed by atoms with Gasteiger partial charge < -0.3 is 5.73 Å². The molecule has 0 saturated carbocycles. The van der Waals surface area contributed by atoms with Gasteiger partial charge in [0, 0.05) is 25.8 Å². The molecule has 1 aromatic heterocycles. The Morgan fingerprint density at radius 3 is 2.35 bits per heavy atom. The Labute approximate surface area is 119 Å². The molecule has 1 atom stereocenters. The van der Waals surface area contributed by atoms with Gasteiger partial charge in [0.15, 0.2) is 0 Å². The van der Waals surface area contributed by atoms with Gasteiger partial charge in [-0.15, -0.1) is 0 Å². The lowest BCUT2D eigenvalue weighted by atomic mass is 10.0. The Kier molecular flexibility index (Phi) is 4.04. The molecule has 0 radical (unpaired) electrons. The Balaban J connectivity index is 1.78. The van der Waals surface area contributed by atoms with Crippen LogP contribution >= 0.6 is 0 Å². The van der Waals surface area contributed by atoms with Crippen molar-refractivity contribution in [1.29, 1.82) is 0 Å². The lowest BCUT2D eigenvalue weighted by Crippen LogP contribution is -2.36. The first-order valence-corrected chi connectivity index (χ1v) is 7.15. The number of hydrogen-bond acceptors (Lipinski definition) is 4. The maximum atomic E-state index is 5.99. The van der Waals surface area contributed by atoms with Crippen molar-refractivity contribution in [2.45, 2.75) is 18.9 Å². The summed E-state index contributed by atoms with van der Waals surface area (Å²) in [7, 11) is 0. The highest BCUT2D eigenvalue weighted by atomic mass is 15.2. The minimum absolute atomic E-state index is 0.187. The number of aromatic nitrogens is 2. The van der Waals surface area contributed by atoms with Gasteiger partial charge in [0.2, 0.25) is 0 Å². The van der Waals surface area contributed by atoms with E-state index < -0.39 is 0 Å². The molecule has 0 spiro atoms. The smallest absolute Gasteiger partial charge is 0.115 e. The topological polar surface area (TPSA) is 55.0 Å². The number of fused-ring (bicyclic) bond motifs is 1. The van der Waals surface area contributed by atoms with Crippen LogP contribution in [0.3, 0.4) is 0 Å². The summed E-state index contributed by atoms with van der Waals surface area (Å²) >= 11 is 0. The van der Waals surface area contributed by atoms with Crippen LogP contribution < -0.4 is 5.73 Å². The third kappa shape index (κ3) is 2.71. The first kappa shape index (κ1) is 13.2. The fraction of sp³-hybridized carbons (Fsp3) is 0.375. The van der Waals surface area contributed by atoms with Crippen molar-refractivity contribution in [2.75, 3.05) is 19.6 Å². The van der Waals surface area contributed by atoms with Gasteiger partial charge in [0.1, 0.15) is 6.33 Å². The van der Waals surface area contributed by atoms with Gasteiger partial charge in [0.05, 0.1) is 11.7 Å². The summed E-state index contributed by atoms with van der Waals surface area (Å²) in [6.45, 7) is 2.65. The Hall–Kier alpha value is -1.78. The fourth-order valence-electron chi connectivity index (χ4n) is 2.95. The zero-order chi connectivity index (χ0) is 13.8. The summed E-state index contributed by atoms with van der Waals surface area (Å²) < 4.78 is 0. The van der Waals surface area contributed by atoms with E-state index in [0.717, 1.165) is 31.6 Å². The fourth-order valence-corrected chi connectivity index (χ4v) is 2.95. The summed E-state index contributed by atoms with van der Waals surface area (Å²) in [4.78, 5) is 10.8. The highest BCUT2D eigenvalue weighted by Crippen LogP contribution is 2.22. The van der Waals surface area contributed by atoms with Crippen LogP contribution in [0, 0.1) is 0 Å². The molecule has 2 heterocycles. The molecule has 2 N–H and O–H groups in total. The zero-order valence-corrected chi connectivity index (χ0v) is 11.6. The van der Waals surface area contributed by atoms with Crippen LogP contribution in [0.1, 0.15) is 22.9 Å². The Bertz CT molecular complexity index is 528. The molecule has 0 fully saturated rings. The van der Waals surface area contributed by atoms with Crippen molar-refractivity contribution >= 4 is 0 Å². The van der Waals surface area contributed by atoms with Crippen molar-refractivity contribution in [2.24, 2.45) is 5.73 Å². The molecular weight excluding hydrogens is 248 g/mol. The molecule has 3 rings (SSSR count). The maximum Gasteiger partial charge on any atom is 0.115 e. The maximum absolute atomic E-state index is 5.99. The number of nitrogens with two attached hydrogens (primary N) is 1. The molecule has 1 unspecified atom stereocenters. The zero-order valence-electron chi connectivity index (χ0n) is 11.6. The average Bonchev–Trinajstić information content (AvgIpc) is 2.72. The molecule has 104 valence electrons. The quantitative estimate of drug-likeness (QED) is 0.918. The second kappa shape index (κ2) is 6.11. The standard InChI is InChI=1S/C16H20N4/c17-11-16(15-5-8-18-12-19-15)20-9-6-13-3-1-2-4-14(13)7-10-20/h1-5,8,12,16H,6-7,9-11,17H2. The van der Waals surface area contributed by atoms with Crippen LogP contribution in [0.4, 0.5) is 0 Å². The van der Waals surface area contributed by atoms with Crippen molar-refractivity contribution in [1.82, 2.24) is 14.9 Å². The monoisotopic (exact) mass is 268 g/mol. The van der Waals surface area contributed by atoms with Crippen LogP contribution in [0.5, 0.6) is 0 Å². The largest absolute Gasteiger partial charge is 0.329 e. The van der Waals surface area contributed by atoms with Crippen molar-refractivity contribution in [3.05, 3.63) is 59.7 Å². The Morgan fingerprint density at radius 1 is 1.10 bits per heavy atom. The van der Waals surface area contributed by atoms with Gasteiger partial charge >= 0.3 is 0 Å². The predicted molar refractivity (Wildman–Crippen MR) is 79.3 cm³/mol. The molecule has 4 heteroatoms. The summed E-state index contributed by atoms with van der Waals surface area (Å²) in [5.41, 5.74) is 9.94.